The first-order chi connectivity index (χ1) is 11.4. The fraction of sp³-hybridized carbons (Fsp3) is 0.875. The fourth-order valence-electron chi connectivity index (χ4n) is 6.21. The van der Waals surface area contributed by atoms with Crippen LogP contribution in [-0.2, 0) is 4.79 Å². The molecule has 0 aromatic carbocycles. The Bertz CT molecular complexity index is 580. The van der Waals surface area contributed by atoms with Gasteiger partial charge in [-0.1, -0.05) is 0 Å². The van der Waals surface area contributed by atoms with Gasteiger partial charge in [0.2, 0.25) is 0 Å². The lowest BCUT2D eigenvalue weighted by atomic mass is 9.50. The van der Waals surface area contributed by atoms with Crippen LogP contribution in [0.4, 0.5) is 4.79 Å². The highest BCUT2D eigenvalue weighted by Gasteiger charge is 2.62. The Kier molecular flexibility index (Phi) is 3.39. The van der Waals surface area contributed by atoms with Crippen LogP contribution in [0.2, 0.25) is 0 Å². The van der Waals surface area contributed by atoms with E-state index in [9.17, 15) is 24.7 Å². The van der Waals surface area contributed by atoms with Gasteiger partial charge in [-0.3, -0.25) is 4.79 Å². The molecule has 24 heavy (non-hydrogen) atoms. The van der Waals surface area contributed by atoms with Crippen LogP contribution in [0.3, 0.4) is 0 Å². The Morgan fingerprint density at radius 1 is 1.17 bits per heavy atom. The second kappa shape index (κ2) is 5.15. The van der Waals surface area contributed by atoms with Gasteiger partial charge in [0.15, 0.2) is 0 Å². The van der Waals surface area contributed by atoms with E-state index in [1.165, 1.54) is 0 Å². The molecule has 5 rings (SSSR count). The summed E-state index contributed by atoms with van der Waals surface area (Å²) in [4.78, 5) is 36.9. The lowest BCUT2D eigenvalue weighted by Gasteiger charge is -2.62. The van der Waals surface area contributed by atoms with Crippen LogP contribution in [0.25, 0.3) is 0 Å². The van der Waals surface area contributed by atoms with Gasteiger partial charge < -0.3 is 10.2 Å². The molecule has 3 unspecified atom stereocenters. The minimum atomic E-state index is -1.27. The van der Waals surface area contributed by atoms with Gasteiger partial charge in [-0.05, 0) is 56.8 Å². The minimum absolute atomic E-state index is 0.273. The van der Waals surface area contributed by atoms with Crippen LogP contribution in [0, 0.1) is 16.7 Å². The van der Waals surface area contributed by atoms with Crippen molar-refractivity contribution in [2.24, 2.45) is 17.1 Å². The fourth-order valence-corrected chi connectivity index (χ4v) is 6.21. The lowest BCUT2D eigenvalue weighted by molar-refractivity contribution is -0.178. The smallest absolute Gasteiger partial charge is 0.414 e. The summed E-state index contributed by atoms with van der Waals surface area (Å²) in [6.07, 6.45) is 3.83. The van der Waals surface area contributed by atoms with Crippen molar-refractivity contribution >= 4 is 12.0 Å². The predicted molar refractivity (Wildman–Crippen MR) is 82.8 cm³/mol. The molecule has 8 heteroatoms. The standard InChI is InChI=1S/C16H23N3O5/c20-13(12-2-1-3-18(12)17-24)19(14(21)22)15-5-10-4-11(6-15)8-16(23,7-10)9-15/h10-12,23H,1-9H2,(H,21,22). The topological polar surface area (TPSA) is 111 Å². The summed E-state index contributed by atoms with van der Waals surface area (Å²) in [5, 5.41) is 24.7. The molecule has 1 saturated heterocycles. The van der Waals surface area contributed by atoms with Gasteiger partial charge >= 0.3 is 6.09 Å². The van der Waals surface area contributed by atoms with Crippen molar-refractivity contribution in [2.45, 2.75) is 68.5 Å². The molecule has 2 amide bonds. The third-order valence-corrected chi connectivity index (χ3v) is 6.50. The quantitative estimate of drug-likeness (QED) is 0.759. The van der Waals surface area contributed by atoms with Crippen molar-refractivity contribution in [1.29, 1.82) is 0 Å². The number of carboxylic acid groups (broad SMARTS) is 1. The number of nitroso groups, excluding NO2 is 1. The van der Waals surface area contributed by atoms with Crippen LogP contribution in [0.5, 0.6) is 0 Å². The maximum absolute atomic E-state index is 13.0. The van der Waals surface area contributed by atoms with E-state index >= 15 is 0 Å². The Hall–Kier alpha value is -1.70. The Balaban J connectivity index is 1.67. The minimum Gasteiger partial charge on any atom is -0.465 e. The summed E-state index contributed by atoms with van der Waals surface area (Å²) in [6, 6.07) is -0.791. The Labute approximate surface area is 139 Å². The maximum atomic E-state index is 13.0. The first-order valence-corrected chi connectivity index (χ1v) is 8.75. The predicted octanol–water partition coefficient (Wildman–Crippen LogP) is 1.72. The lowest BCUT2D eigenvalue weighted by Crippen LogP contribution is -2.68. The van der Waals surface area contributed by atoms with Gasteiger partial charge in [-0.15, -0.1) is 4.91 Å². The number of hydrogen-bond donors (Lipinski definition) is 2. The highest BCUT2D eigenvalue weighted by Crippen LogP contribution is 2.59. The number of amides is 2. The summed E-state index contributed by atoms with van der Waals surface area (Å²) in [7, 11) is 0. The van der Waals surface area contributed by atoms with Crippen molar-refractivity contribution in [1.82, 2.24) is 9.91 Å². The Morgan fingerprint density at radius 2 is 1.83 bits per heavy atom. The molecule has 1 aliphatic heterocycles. The summed E-state index contributed by atoms with van der Waals surface area (Å²) in [5.74, 6) is -0.00490. The molecule has 4 bridgehead atoms. The van der Waals surface area contributed by atoms with Gasteiger partial charge in [0.1, 0.15) is 6.04 Å². The van der Waals surface area contributed by atoms with Crippen molar-refractivity contribution in [3.05, 3.63) is 4.91 Å². The van der Waals surface area contributed by atoms with Crippen LogP contribution in [-0.4, -0.2) is 55.8 Å². The molecular weight excluding hydrogens is 314 g/mol. The maximum Gasteiger partial charge on any atom is 0.414 e. The molecule has 0 aromatic heterocycles. The molecule has 4 saturated carbocycles. The van der Waals surface area contributed by atoms with E-state index in [1.54, 1.807) is 0 Å². The normalized spacial score (nSPS) is 43.0. The molecule has 2 N–H and O–H groups in total. The number of aliphatic hydroxyl groups is 1. The number of carbonyl (C=O) groups is 2. The zero-order chi connectivity index (χ0) is 17.1. The van der Waals surface area contributed by atoms with Gasteiger partial charge in [-0.2, -0.15) is 0 Å². The van der Waals surface area contributed by atoms with E-state index in [0.29, 0.717) is 51.5 Å². The first-order valence-electron chi connectivity index (χ1n) is 8.75. The zero-order valence-corrected chi connectivity index (χ0v) is 13.6. The second-order valence-electron chi connectivity index (χ2n) is 8.27. The Morgan fingerprint density at radius 3 is 2.38 bits per heavy atom. The number of hydrogen-bond acceptors (Lipinski definition) is 5. The van der Waals surface area contributed by atoms with E-state index in [1.807, 2.05) is 0 Å². The van der Waals surface area contributed by atoms with Gasteiger partial charge in [0.25, 0.3) is 5.91 Å². The molecule has 0 radical (unpaired) electrons. The SMILES string of the molecule is O=NN1CCCC1C(=O)N(C(=O)O)C12CC3CC(CC(O)(C3)C1)C2. The first kappa shape index (κ1) is 15.8. The number of rotatable bonds is 3. The largest absolute Gasteiger partial charge is 0.465 e. The molecule has 8 nitrogen and oxygen atoms in total. The summed E-state index contributed by atoms with van der Waals surface area (Å²) in [5.41, 5.74) is -1.67. The third kappa shape index (κ3) is 2.22. The summed E-state index contributed by atoms with van der Waals surface area (Å²) >= 11 is 0. The third-order valence-electron chi connectivity index (χ3n) is 6.50. The van der Waals surface area contributed by atoms with E-state index in [0.717, 1.165) is 16.3 Å². The average molecular weight is 337 g/mol. The van der Waals surface area contributed by atoms with Crippen molar-refractivity contribution in [2.75, 3.05) is 6.54 Å². The van der Waals surface area contributed by atoms with E-state index < -0.39 is 29.2 Å². The van der Waals surface area contributed by atoms with E-state index in [-0.39, 0.29) is 11.8 Å². The number of carbonyl (C=O) groups excluding carboxylic acids is 1. The number of nitrogens with zero attached hydrogens (tertiary/aromatic N) is 3. The van der Waals surface area contributed by atoms with Crippen molar-refractivity contribution in [3.8, 4) is 0 Å². The highest BCUT2D eigenvalue weighted by atomic mass is 16.4. The monoisotopic (exact) mass is 337 g/mol. The second-order valence-corrected chi connectivity index (χ2v) is 8.27. The van der Waals surface area contributed by atoms with Crippen LogP contribution >= 0.6 is 0 Å². The molecule has 0 aromatic rings. The van der Waals surface area contributed by atoms with Gasteiger partial charge in [-0.25, -0.2) is 14.7 Å². The summed E-state index contributed by atoms with van der Waals surface area (Å²) in [6.45, 7) is 0.384. The van der Waals surface area contributed by atoms with Crippen LogP contribution in [0.15, 0.2) is 5.29 Å². The van der Waals surface area contributed by atoms with Crippen LogP contribution in [0.1, 0.15) is 51.4 Å². The molecule has 0 spiro atoms. The molecular formula is C16H23N3O5. The number of imide groups is 1. The highest BCUT2D eigenvalue weighted by molar-refractivity contribution is 5.95. The van der Waals surface area contributed by atoms with Crippen molar-refractivity contribution in [3.63, 3.8) is 0 Å². The molecule has 1 heterocycles. The average Bonchev–Trinajstić information content (AvgIpc) is 2.92. The zero-order valence-electron chi connectivity index (χ0n) is 13.6. The summed E-state index contributed by atoms with van der Waals surface area (Å²) < 4.78 is 0. The molecule has 5 aliphatic rings. The molecule has 132 valence electrons. The van der Waals surface area contributed by atoms with Gasteiger partial charge in [0.05, 0.1) is 16.4 Å². The molecule has 4 aliphatic carbocycles. The van der Waals surface area contributed by atoms with Crippen LogP contribution < -0.4 is 0 Å². The van der Waals surface area contributed by atoms with Gasteiger partial charge in [0, 0.05) is 13.0 Å². The van der Waals surface area contributed by atoms with E-state index in [4.69, 9.17) is 0 Å². The van der Waals surface area contributed by atoms with Crippen molar-refractivity contribution < 1.29 is 19.8 Å². The molecule has 3 atom stereocenters. The van der Waals surface area contributed by atoms with E-state index in [2.05, 4.69) is 5.29 Å². The molecule has 5 fully saturated rings.